The predicted molar refractivity (Wildman–Crippen MR) is 102 cm³/mol. The quantitative estimate of drug-likeness (QED) is 0.833. The normalized spacial score (nSPS) is 14.6. The third-order valence-electron chi connectivity index (χ3n) is 4.67. The Hall–Kier alpha value is -2.20. The molecule has 132 valence electrons. The molecule has 5 heteroatoms. The SMILES string of the molecule is COc1cc(Cl)ccc1C(=O)N1CCN(c2cc(C)ccc2C)CC1. The Bertz CT molecular complexity index is 783. The van der Waals surface area contributed by atoms with E-state index in [0.29, 0.717) is 29.4 Å². The molecule has 2 aromatic carbocycles. The lowest BCUT2D eigenvalue weighted by atomic mass is 10.1. The number of anilines is 1. The molecule has 0 aliphatic carbocycles. The fraction of sp³-hybridized carbons (Fsp3) is 0.350. The van der Waals surface area contributed by atoms with Crippen LogP contribution >= 0.6 is 11.6 Å². The van der Waals surface area contributed by atoms with Crippen molar-refractivity contribution in [1.82, 2.24) is 4.90 Å². The van der Waals surface area contributed by atoms with E-state index in [1.54, 1.807) is 25.3 Å². The Morgan fingerprint density at radius 2 is 1.76 bits per heavy atom. The standard InChI is InChI=1S/C20H23ClN2O2/c1-14-4-5-15(2)18(12-14)22-8-10-23(11-9-22)20(24)17-7-6-16(21)13-19(17)25-3/h4-7,12-13H,8-11H2,1-3H3. The number of benzene rings is 2. The van der Waals surface area contributed by atoms with Crippen LogP contribution in [0.2, 0.25) is 5.02 Å². The fourth-order valence-corrected chi connectivity index (χ4v) is 3.38. The van der Waals surface area contributed by atoms with E-state index in [9.17, 15) is 4.79 Å². The minimum absolute atomic E-state index is 0.00543. The van der Waals surface area contributed by atoms with Crippen molar-refractivity contribution in [2.75, 3.05) is 38.2 Å². The number of carbonyl (C=O) groups excluding carboxylic acids is 1. The molecular formula is C20H23ClN2O2. The maximum absolute atomic E-state index is 12.8. The van der Waals surface area contributed by atoms with E-state index < -0.39 is 0 Å². The molecular weight excluding hydrogens is 336 g/mol. The number of methoxy groups -OCH3 is 1. The molecule has 1 amide bonds. The number of aryl methyl sites for hydroxylation is 2. The van der Waals surface area contributed by atoms with Crippen molar-refractivity contribution >= 4 is 23.2 Å². The lowest BCUT2D eigenvalue weighted by Gasteiger charge is -2.37. The van der Waals surface area contributed by atoms with Crippen LogP contribution in [-0.4, -0.2) is 44.1 Å². The van der Waals surface area contributed by atoms with Crippen molar-refractivity contribution in [1.29, 1.82) is 0 Å². The summed E-state index contributed by atoms with van der Waals surface area (Å²) in [6, 6.07) is 11.6. The highest BCUT2D eigenvalue weighted by molar-refractivity contribution is 6.30. The Balaban J connectivity index is 1.72. The fourth-order valence-electron chi connectivity index (χ4n) is 3.22. The first kappa shape index (κ1) is 17.6. The minimum atomic E-state index is -0.00543. The van der Waals surface area contributed by atoms with Gasteiger partial charge in [-0.25, -0.2) is 0 Å². The highest BCUT2D eigenvalue weighted by Crippen LogP contribution is 2.26. The summed E-state index contributed by atoms with van der Waals surface area (Å²) in [6.45, 7) is 7.27. The molecule has 0 bridgehead atoms. The maximum Gasteiger partial charge on any atom is 0.257 e. The molecule has 2 aromatic rings. The summed E-state index contributed by atoms with van der Waals surface area (Å²) in [5.74, 6) is 0.517. The maximum atomic E-state index is 12.8. The van der Waals surface area contributed by atoms with Gasteiger partial charge in [-0.3, -0.25) is 4.79 Å². The molecule has 1 saturated heterocycles. The van der Waals surface area contributed by atoms with Crippen molar-refractivity contribution in [3.63, 3.8) is 0 Å². The summed E-state index contributed by atoms with van der Waals surface area (Å²) in [4.78, 5) is 17.1. The molecule has 0 unspecified atom stereocenters. The summed E-state index contributed by atoms with van der Waals surface area (Å²) >= 11 is 5.99. The Morgan fingerprint density at radius 1 is 1.04 bits per heavy atom. The number of rotatable bonds is 3. The molecule has 1 fully saturated rings. The lowest BCUT2D eigenvalue weighted by molar-refractivity contribution is 0.0743. The first-order valence-electron chi connectivity index (χ1n) is 8.44. The topological polar surface area (TPSA) is 32.8 Å². The molecule has 0 spiro atoms. The van der Waals surface area contributed by atoms with E-state index in [-0.39, 0.29) is 5.91 Å². The zero-order chi connectivity index (χ0) is 18.0. The third-order valence-corrected chi connectivity index (χ3v) is 4.90. The highest BCUT2D eigenvalue weighted by atomic mass is 35.5. The second kappa shape index (κ2) is 7.36. The van der Waals surface area contributed by atoms with Crippen LogP contribution < -0.4 is 9.64 Å². The molecule has 0 aromatic heterocycles. The van der Waals surface area contributed by atoms with Crippen molar-refractivity contribution < 1.29 is 9.53 Å². The molecule has 4 nitrogen and oxygen atoms in total. The first-order valence-corrected chi connectivity index (χ1v) is 8.82. The van der Waals surface area contributed by atoms with Gasteiger partial charge in [-0.1, -0.05) is 23.7 Å². The number of amides is 1. The van der Waals surface area contributed by atoms with Crippen LogP contribution in [0.15, 0.2) is 36.4 Å². The summed E-state index contributed by atoms with van der Waals surface area (Å²) < 4.78 is 5.32. The van der Waals surface area contributed by atoms with Gasteiger partial charge in [0, 0.05) is 36.9 Å². The van der Waals surface area contributed by atoms with Gasteiger partial charge >= 0.3 is 0 Å². The summed E-state index contributed by atoms with van der Waals surface area (Å²) in [5, 5.41) is 0.563. The van der Waals surface area contributed by atoms with Gasteiger partial charge in [0.25, 0.3) is 5.91 Å². The van der Waals surface area contributed by atoms with E-state index in [1.807, 2.05) is 4.90 Å². The molecule has 3 rings (SSSR count). The smallest absolute Gasteiger partial charge is 0.257 e. The van der Waals surface area contributed by atoms with E-state index in [1.165, 1.54) is 16.8 Å². The van der Waals surface area contributed by atoms with E-state index in [2.05, 4.69) is 36.9 Å². The van der Waals surface area contributed by atoms with Gasteiger partial charge in [-0.15, -0.1) is 0 Å². The Labute approximate surface area is 154 Å². The molecule has 0 radical (unpaired) electrons. The van der Waals surface area contributed by atoms with Crippen LogP contribution in [-0.2, 0) is 0 Å². The zero-order valence-corrected chi connectivity index (χ0v) is 15.6. The second-order valence-corrected chi connectivity index (χ2v) is 6.85. The largest absolute Gasteiger partial charge is 0.496 e. The molecule has 25 heavy (non-hydrogen) atoms. The number of nitrogens with zero attached hydrogens (tertiary/aromatic N) is 2. The third kappa shape index (κ3) is 3.74. The number of hydrogen-bond acceptors (Lipinski definition) is 3. The van der Waals surface area contributed by atoms with Crippen LogP contribution in [0.1, 0.15) is 21.5 Å². The molecule has 0 N–H and O–H groups in total. The van der Waals surface area contributed by atoms with Gasteiger partial charge in [-0.2, -0.15) is 0 Å². The minimum Gasteiger partial charge on any atom is -0.496 e. The summed E-state index contributed by atoms with van der Waals surface area (Å²) in [6.07, 6.45) is 0. The number of halogens is 1. The van der Waals surface area contributed by atoms with Crippen molar-refractivity contribution in [3.8, 4) is 5.75 Å². The number of piperazine rings is 1. The number of hydrogen-bond donors (Lipinski definition) is 0. The highest BCUT2D eigenvalue weighted by Gasteiger charge is 2.25. The van der Waals surface area contributed by atoms with Gasteiger partial charge in [0.15, 0.2) is 0 Å². The van der Waals surface area contributed by atoms with Crippen molar-refractivity contribution in [3.05, 3.63) is 58.1 Å². The number of carbonyl (C=O) groups is 1. The van der Waals surface area contributed by atoms with E-state index in [0.717, 1.165) is 13.1 Å². The molecule has 1 heterocycles. The summed E-state index contributed by atoms with van der Waals surface area (Å²) in [5.41, 5.74) is 4.35. The molecule has 1 aliphatic heterocycles. The van der Waals surface area contributed by atoms with Crippen LogP contribution in [0.5, 0.6) is 5.75 Å². The van der Waals surface area contributed by atoms with Gasteiger partial charge in [0.2, 0.25) is 0 Å². The predicted octanol–water partition coefficient (Wildman–Crippen LogP) is 3.93. The number of ether oxygens (including phenoxy) is 1. The van der Waals surface area contributed by atoms with Crippen molar-refractivity contribution in [2.45, 2.75) is 13.8 Å². The van der Waals surface area contributed by atoms with Crippen LogP contribution in [0.4, 0.5) is 5.69 Å². The van der Waals surface area contributed by atoms with E-state index in [4.69, 9.17) is 16.3 Å². The second-order valence-electron chi connectivity index (χ2n) is 6.41. The lowest BCUT2D eigenvalue weighted by Crippen LogP contribution is -2.49. The van der Waals surface area contributed by atoms with Crippen LogP contribution in [0.3, 0.4) is 0 Å². The summed E-state index contributed by atoms with van der Waals surface area (Å²) in [7, 11) is 1.56. The monoisotopic (exact) mass is 358 g/mol. The average Bonchev–Trinajstić information content (AvgIpc) is 2.63. The Kier molecular flexibility index (Phi) is 5.19. The van der Waals surface area contributed by atoms with Crippen LogP contribution in [0.25, 0.3) is 0 Å². The van der Waals surface area contributed by atoms with Gasteiger partial charge in [-0.05, 0) is 49.2 Å². The van der Waals surface area contributed by atoms with Crippen molar-refractivity contribution in [2.24, 2.45) is 0 Å². The van der Waals surface area contributed by atoms with E-state index >= 15 is 0 Å². The molecule has 1 aliphatic rings. The van der Waals surface area contributed by atoms with Gasteiger partial charge in [0.05, 0.1) is 12.7 Å². The molecule has 0 saturated carbocycles. The zero-order valence-electron chi connectivity index (χ0n) is 14.9. The van der Waals surface area contributed by atoms with Gasteiger partial charge in [0.1, 0.15) is 5.75 Å². The Morgan fingerprint density at radius 3 is 2.44 bits per heavy atom. The molecule has 0 atom stereocenters. The van der Waals surface area contributed by atoms with Crippen LogP contribution in [0, 0.1) is 13.8 Å². The first-order chi connectivity index (χ1) is 12.0. The average molecular weight is 359 g/mol. The van der Waals surface area contributed by atoms with Gasteiger partial charge < -0.3 is 14.5 Å².